The van der Waals surface area contributed by atoms with Crippen molar-refractivity contribution in [3.63, 3.8) is 0 Å². The maximum atomic E-state index is 11.0. The van der Waals surface area contributed by atoms with Crippen LogP contribution in [0.3, 0.4) is 0 Å². The maximum absolute atomic E-state index is 11.0. The number of carbonyl (C=O) groups excluding carboxylic acids is 1. The zero-order chi connectivity index (χ0) is 10.8. The van der Waals surface area contributed by atoms with Gasteiger partial charge in [-0.3, -0.25) is 4.79 Å². The molecule has 15 heavy (non-hydrogen) atoms. The number of rotatable bonds is 3. The molecule has 1 heterocycles. The van der Waals surface area contributed by atoms with Crippen molar-refractivity contribution in [1.82, 2.24) is 5.32 Å². The van der Waals surface area contributed by atoms with Gasteiger partial charge >= 0.3 is 0 Å². The van der Waals surface area contributed by atoms with Crippen LogP contribution >= 0.6 is 0 Å². The fourth-order valence-electron chi connectivity index (χ4n) is 1.52. The molecule has 1 aromatic rings. The number of nitrogens with one attached hydrogen (secondary N) is 1. The SMILES string of the molecule is Cc1cc(OC2CNC2)ccc1C(N)=O. The fourth-order valence-corrected chi connectivity index (χ4v) is 1.52. The Balaban J connectivity index is 2.13. The maximum Gasteiger partial charge on any atom is 0.248 e. The lowest BCUT2D eigenvalue weighted by Crippen LogP contribution is -2.50. The smallest absolute Gasteiger partial charge is 0.248 e. The Morgan fingerprint density at radius 2 is 2.27 bits per heavy atom. The van der Waals surface area contributed by atoms with Gasteiger partial charge in [-0.05, 0) is 30.7 Å². The minimum Gasteiger partial charge on any atom is -0.488 e. The van der Waals surface area contributed by atoms with Crippen molar-refractivity contribution in [2.75, 3.05) is 13.1 Å². The van der Waals surface area contributed by atoms with Gasteiger partial charge in [0.1, 0.15) is 11.9 Å². The largest absolute Gasteiger partial charge is 0.488 e. The van der Waals surface area contributed by atoms with Crippen LogP contribution in [-0.4, -0.2) is 25.1 Å². The second-order valence-electron chi connectivity index (χ2n) is 3.74. The summed E-state index contributed by atoms with van der Waals surface area (Å²) in [5.41, 5.74) is 6.62. The molecular weight excluding hydrogens is 192 g/mol. The molecule has 0 bridgehead atoms. The van der Waals surface area contributed by atoms with E-state index in [1.54, 1.807) is 12.1 Å². The van der Waals surface area contributed by atoms with Gasteiger partial charge in [0.2, 0.25) is 5.91 Å². The van der Waals surface area contributed by atoms with E-state index < -0.39 is 5.91 Å². The molecule has 1 aromatic carbocycles. The van der Waals surface area contributed by atoms with Gasteiger partial charge in [0, 0.05) is 18.7 Å². The number of primary amides is 1. The van der Waals surface area contributed by atoms with Crippen molar-refractivity contribution in [1.29, 1.82) is 0 Å². The Bertz CT molecular complexity index is 386. The molecule has 0 aromatic heterocycles. The molecule has 1 amide bonds. The molecule has 1 aliphatic heterocycles. The number of carbonyl (C=O) groups is 1. The van der Waals surface area contributed by atoms with Crippen molar-refractivity contribution >= 4 is 5.91 Å². The summed E-state index contributed by atoms with van der Waals surface area (Å²) in [5, 5.41) is 3.13. The summed E-state index contributed by atoms with van der Waals surface area (Å²) in [4.78, 5) is 11.0. The number of aryl methyl sites for hydroxylation is 1. The number of amides is 1. The first kappa shape index (κ1) is 9.98. The van der Waals surface area contributed by atoms with Gasteiger partial charge in [-0.1, -0.05) is 0 Å². The highest BCUT2D eigenvalue weighted by Gasteiger charge is 2.18. The molecule has 1 fully saturated rings. The van der Waals surface area contributed by atoms with Gasteiger partial charge in [0.15, 0.2) is 0 Å². The average molecular weight is 206 g/mol. The van der Waals surface area contributed by atoms with Crippen LogP contribution in [0.5, 0.6) is 5.75 Å². The van der Waals surface area contributed by atoms with Crippen LogP contribution in [-0.2, 0) is 0 Å². The zero-order valence-electron chi connectivity index (χ0n) is 8.62. The third-order valence-electron chi connectivity index (χ3n) is 2.51. The van der Waals surface area contributed by atoms with Crippen LogP contribution in [0.25, 0.3) is 0 Å². The Morgan fingerprint density at radius 3 is 2.73 bits per heavy atom. The number of nitrogens with two attached hydrogens (primary N) is 1. The van der Waals surface area contributed by atoms with Gasteiger partial charge < -0.3 is 15.8 Å². The lowest BCUT2D eigenvalue weighted by atomic mass is 10.1. The minimum absolute atomic E-state index is 0.254. The van der Waals surface area contributed by atoms with E-state index in [0.717, 1.165) is 24.4 Å². The lowest BCUT2D eigenvalue weighted by molar-refractivity contribution is 0.0999. The molecule has 4 nitrogen and oxygen atoms in total. The van der Waals surface area contributed by atoms with E-state index in [-0.39, 0.29) is 6.10 Å². The van der Waals surface area contributed by atoms with Crippen LogP contribution in [0.4, 0.5) is 0 Å². The zero-order valence-corrected chi connectivity index (χ0v) is 8.62. The predicted octanol–water partition coefficient (Wildman–Crippen LogP) is 0.445. The highest BCUT2D eigenvalue weighted by Crippen LogP contribution is 2.18. The van der Waals surface area contributed by atoms with E-state index in [4.69, 9.17) is 10.5 Å². The first-order valence-corrected chi connectivity index (χ1v) is 4.94. The van der Waals surface area contributed by atoms with E-state index in [1.165, 1.54) is 0 Å². The van der Waals surface area contributed by atoms with Crippen molar-refractivity contribution in [2.24, 2.45) is 5.73 Å². The van der Waals surface area contributed by atoms with Crippen LogP contribution < -0.4 is 15.8 Å². The van der Waals surface area contributed by atoms with Gasteiger partial charge in [-0.2, -0.15) is 0 Å². The first-order chi connectivity index (χ1) is 7.16. The summed E-state index contributed by atoms with van der Waals surface area (Å²) >= 11 is 0. The highest BCUT2D eigenvalue weighted by molar-refractivity contribution is 5.94. The highest BCUT2D eigenvalue weighted by atomic mass is 16.5. The van der Waals surface area contributed by atoms with Crippen molar-refractivity contribution in [2.45, 2.75) is 13.0 Å². The Hall–Kier alpha value is -1.55. The summed E-state index contributed by atoms with van der Waals surface area (Å²) in [6.45, 7) is 3.62. The monoisotopic (exact) mass is 206 g/mol. The standard InChI is InChI=1S/C11H14N2O2/c1-7-4-8(15-9-5-13-6-9)2-3-10(7)11(12)14/h2-4,9,13H,5-6H2,1H3,(H2,12,14). The van der Waals surface area contributed by atoms with Crippen LogP contribution in [0.2, 0.25) is 0 Å². The van der Waals surface area contributed by atoms with Gasteiger partial charge in [-0.15, -0.1) is 0 Å². The van der Waals surface area contributed by atoms with Crippen molar-refractivity contribution < 1.29 is 9.53 Å². The molecule has 1 aliphatic rings. The molecule has 0 spiro atoms. The average Bonchev–Trinajstić information content (AvgIpc) is 2.11. The van der Waals surface area contributed by atoms with Crippen molar-refractivity contribution in [3.8, 4) is 5.75 Å². The van der Waals surface area contributed by atoms with E-state index in [2.05, 4.69) is 5.32 Å². The van der Waals surface area contributed by atoms with Crippen LogP contribution in [0, 0.1) is 6.92 Å². The fraction of sp³-hybridized carbons (Fsp3) is 0.364. The molecule has 2 rings (SSSR count). The van der Waals surface area contributed by atoms with E-state index in [1.807, 2.05) is 13.0 Å². The summed E-state index contributed by atoms with van der Waals surface area (Å²) < 4.78 is 5.65. The molecule has 0 saturated carbocycles. The molecule has 4 heteroatoms. The molecule has 3 N–H and O–H groups in total. The molecule has 1 saturated heterocycles. The quantitative estimate of drug-likeness (QED) is 0.754. The number of hydrogen-bond acceptors (Lipinski definition) is 3. The molecule has 0 atom stereocenters. The topological polar surface area (TPSA) is 64.3 Å². The summed E-state index contributed by atoms with van der Waals surface area (Å²) in [6, 6.07) is 5.34. The summed E-state index contributed by atoms with van der Waals surface area (Å²) in [7, 11) is 0. The minimum atomic E-state index is -0.399. The second-order valence-corrected chi connectivity index (χ2v) is 3.74. The van der Waals surface area contributed by atoms with E-state index in [9.17, 15) is 4.79 Å². The third-order valence-corrected chi connectivity index (χ3v) is 2.51. The normalized spacial score (nSPS) is 15.8. The van der Waals surface area contributed by atoms with Gasteiger partial charge in [-0.25, -0.2) is 0 Å². The lowest BCUT2D eigenvalue weighted by Gasteiger charge is -2.28. The molecule has 80 valence electrons. The summed E-state index contributed by atoms with van der Waals surface area (Å²) in [5.74, 6) is 0.397. The first-order valence-electron chi connectivity index (χ1n) is 4.94. The molecular formula is C11H14N2O2. The molecule has 0 radical (unpaired) electrons. The van der Waals surface area contributed by atoms with Crippen molar-refractivity contribution in [3.05, 3.63) is 29.3 Å². The molecule has 0 unspecified atom stereocenters. The third kappa shape index (κ3) is 2.10. The van der Waals surface area contributed by atoms with Crippen LogP contribution in [0.1, 0.15) is 15.9 Å². The summed E-state index contributed by atoms with van der Waals surface area (Å²) in [6.07, 6.45) is 0.254. The molecule has 0 aliphatic carbocycles. The van der Waals surface area contributed by atoms with Gasteiger partial charge in [0.25, 0.3) is 0 Å². The Kier molecular flexibility index (Phi) is 2.60. The second kappa shape index (κ2) is 3.90. The predicted molar refractivity (Wildman–Crippen MR) is 57.0 cm³/mol. The Morgan fingerprint density at radius 1 is 1.53 bits per heavy atom. The van der Waals surface area contributed by atoms with E-state index >= 15 is 0 Å². The van der Waals surface area contributed by atoms with Gasteiger partial charge in [0.05, 0.1) is 0 Å². The van der Waals surface area contributed by atoms with E-state index in [0.29, 0.717) is 5.56 Å². The number of hydrogen-bond donors (Lipinski definition) is 2. The Labute approximate surface area is 88.4 Å². The van der Waals surface area contributed by atoms with Crippen LogP contribution in [0.15, 0.2) is 18.2 Å². The number of benzene rings is 1. The number of ether oxygens (including phenoxy) is 1.